The van der Waals surface area contributed by atoms with E-state index in [1.807, 2.05) is 19.1 Å². The van der Waals surface area contributed by atoms with Crippen LogP contribution < -0.4 is 10.1 Å². The number of amides is 1. The minimum Gasteiger partial charge on any atom is -0.497 e. The number of aryl methyl sites for hydroxylation is 1. The second-order valence-corrected chi connectivity index (χ2v) is 8.71. The van der Waals surface area contributed by atoms with Crippen molar-refractivity contribution in [3.8, 4) is 16.9 Å². The number of methoxy groups -OCH3 is 1. The number of carbonyl (C=O) groups excluding carboxylic acids is 1. The van der Waals surface area contributed by atoms with Gasteiger partial charge in [-0.05, 0) is 80.1 Å². The van der Waals surface area contributed by atoms with Gasteiger partial charge < -0.3 is 10.1 Å². The van der Waals surface area contributed by atoms with E-state index >= 15 is 0 Å². The first-order valence-electron chi connectivity index (χ1n) is 11.6. The lowest BCUT2D eigenvalue weighted by Gasteiger charge is -2.32. The Kier molecular flexibility index (Phi) is 7.35. The van der Waals surface area contributed by atoms with Crippen molar-refractivity contribution < 1.29 is 9.53 Å². The van der Waals surface area contributed by atoms with Gasteiger partial charge in [0, 0.05) is 19.8 Å². The number of hydrogen-bond donors (Lipinski definition) is 1. The molecule has 4 rings (SSSR count). The first-order chi connectivity index (χ1) is 16.1. The van der Waals surface area contributed by atoms with Crippen LogP contribution in [0, 0.1) is 12.8 Å². The van der Waals surface area contributed by atoms with E-state index in [1.54, 1.807) is 20.4 Å². The fraction of sp³-hybridized carbons (Fsp3) is 0.370. The van der Waals surface area contributed by atoms with Crippen molar-refractivity contribution in [1.82, 2.24) is 20.2 Å². The Bertz CT molecular complexity index is 1110. The molecule has 2 aromatic carbocycles. The smallest absolute Gasteiger partial charge is 0.254 e. The molecule has 0 radical (unpaired) electrons. The molecular formula is C27H32N4O2. The second-order valence-electron chi connectivity index (χ2n) is 8.71. The monoisotopic (exact) mass is 444 g/mol. The zero-order chi connectivity index (χ0) is 23.2. The van der Waals surface area contributed by atoms with Crippen LogP contribution in [0.4, 0.5) is 0 Å². The quantitative estimate of drug-likeness (QED) is 0.589. The van der Waals surface area contributed by atoms with Crippen molar-refractivity contribution in [2.75, 3.05) is 27.2 Å². The first kappa shape index (κ1) is 22.9. The van der Waals surface area contributed by atoms with Crippen LogP contribution in [0.15, 0.2) is 54.7 Å². The van der Waals surface area contributed by atoms with Crippen molar-refractivity contribution in [2.24, 2.45) is 5.92 Å². The molecule has 1 fully saturated rings. The third-order valence-electron chi connectivity index (χ3n) is 6.39. The molecule has 6 heteroatoms. The maximum atomic E-state index is 12.2. The summed E-state index contributed by atoms with van der Waals surface area (Å²) in [7, 11) is 3.35. The lowest BCUT2D eigenvalue weighted by atomic mass is 9.90. The molecule has 2 heterocycles. The Labute approximate surface area is 196 Å². The van der Waals surface area contributed by atoms with Gasteiger partial charge in [0.2, 0.25) is 0 Å². The Balaban J connectivity index is 1.37. The average molecular weight is 445 g/mol. The van der Waals surface area contributed by atoms with Crippen molar-refractivity contribution in [3.63, 3.8) is 0 Å². The predicted molar refractivity (Wildman–Crippen MR) is 130 cm³/mol. The Morgan fingerprint density at radius 1 is 1.12 bits per heavy atom. The van der Waals surface area contributed by atoms with Gasteiger partial charge in [-0.15, -0.1) is 0 Å². The topological polar surface area (TPSA) is 67.4 Å². The molecule has 33 heavy (non-hydrogen) atoms. The number of ether oxygens (including phenoxy) is 1. The van der Waals surface area contributed by atoms with E-state index in [1.165, 1.54) is 16.7 Å². The summed E-state index contributed by atoms with van der Waals surface area (Å²) in [4.78, 5) is 23.5. The Hall–Kier alpha value is -3.25. The van der Waals surface area contributed by atoms with E-state index in [-0.39, 0.29) is 5.91 Å². The van der Waals surface area contributed by atoms with Gasteiger partial charge in [-0.2, -0.15) is 0 Å². The summed E-state index contributed by atoms with van der Waals surface area (Å²) in [6, 6.07) is 17.0. The zero-order valence-corrected chi connectivity index (χ0v) is 19.7. The molecule has 0 spiro atoms. The number of nitrogens with one attached hydrogen (secondary N) is 1. The van der Waals surface area contributed by atoms with Crippen LogP contribution in [0.5, 0.6) is 5.75 Å². The van der Waals surface area contributed by atoms with Gasteiger partial charge in [0.1, 0.15) is 11.6 Å². The fourth-order valence-corrected chi connectivity index (χ4v) is 4.53. The highest BCUT2D eigenvalue weighted by Gasteiger charge is 2.23. The van der Waals surface area contributed by atoms with E-state index in [2.05, 4.69) is 56.6 Å². The minimum absolute atomic E-state index is 0.113. The van der Waals surface area contributed by atoms with Gasteiger partial charge in [0.15, 0.2) is 0 Å². The third kappa shape index (κ3) is 5.76. The van der Waals surface area contributed by atoms with E-state index in [0.29, 0.717) is 17.3 Å². The standard InChI is InChI=1S/C27H32N4O2/c1-19-29-17-25(27(32)28-2)26(30-19)15-20-10-12-31(13-11-20)18-21-6-4-7-22(14-21)23-8-5-9-24(16-23)33-3/h4-9,14,16-17,20H,10-13,15,18H2,1-3H3,(H,28,32). The second kappa shape index (κ2) is 10.6. The highest BCUT2D eigenvalue weighted by Crippen LogP contribution is 2.27. The highest BCUT2D eigenvalue weighted by atomic mass is 16.5. The minimum atomic E-state index is -0.113. The summed E-state index contributed by atoms with van der Waals surface area (Å²) in [5.74, 6) is 2.00. The van der Waals surface area contributed by atoms with Gasteiger partial charge in [0.25, 0.3) is 5.91 Å². The third-order valence-corrected chi connectivity index (χ3v) is 6.39. The van der Waals surface area contributed by atoms with Crippen LogP contribution in [-0.2, 0) is 13.0 Å². The molecule has 6 nitrogen and oxygen atoms in total. The van der Waals surface area contributed by atoms with Crippen LogP contribution in [-0.4, -0.2) is 48.0 Å². The molecule has 172 valence electrons. The van der Waals surface area contributed by atoms with Crippen molar-refractivity contribution >= 4 is 5.91 Å². The van der Waals surface area contributed by atoms with E-state index in [4.69, 9.17) is 4.74 Å². The van der Waals surface area contributed by atoms with Gasteiger partial charge >= 0.3 is 0 Å². The molecule has 0 unspecified atom stereocenters. The molecule has 3 aromatic rings. The van der Waals surface area contributed by atoms with E-state index in [0.717, 1.165) is 50.3 Å². The maximum absolute atomic E-state index is 12.2. The Morgan fingerprint density at radius 3 is 2.58 bits per heavy atom. The van der Waals surface area contributed by atoms with Crippen LogP contribution in [0.3, 0.4) is 0 Å². The molecule has 1 saturated heterocycles. The number of nitrogens with zero attached hydrogens (tertiary/aromatic N) is 3. The van der Waals surface area contributed by atoms with Crippen LogP contribution in [0.25, 0.3) is 11.1 Å². The molecular weight excluding hydrogens is 412 g/mol. The summed E-state index contributed by atoms with van der Waals surface area (Å²) in [6.07, 6.45) is 4.68. The van der Waals surface area contributed by atoms with Crippen LogP contribution >= 0.6 is 0 Å². The van der Waals surface area contributed by atoms with E-state index in [9.17, 15) is 4.79 Å². The molecule has 0 saturated carbocycles. The van der Waals surface area contributed by atoms with Gasteiger partial charge in [0.05, 0.1) is 18.4 Å². The molecule has 1 N–H and O–H groups in total. The molecule has 0 aliphatic carbocycles. The van der Waals surface area contributed by atoms with Crippen molar-refractivity contribution in [1.29, 1.82) is 0 Å². The predicted octanol–water partition coefficient (Wildman–Crippen LogP) is 4.27. The first-order valence-corrected chi connectivity index (χ1v) is 11.6. The molecule has 1 aliphatic rings. The maximum Gasteiger partial charge on any atom is 0.254 e. The highest BCUT2D eigenvalue weighted by molar-refractivity contribution is 5.94. The lowest BCUT2D eigenvalue weighted by molar-refractivity contribution is 0.0960. The molecule has 1 aromatic heterocycles. The molecule has 1 amide bonds. The van der Waals surface area contributed by atoms with Gasteiger partial charge in [-0.1, -0.05) is 30.3 Å². The number of benzene rings is 2. The number of hydrogen-bond acceptors (Lipinski definition) is 5. The largest absolute Gasteiger partial charge is 0.497 e. The van der Waals surface area contributed by atoms with Gasteiger partial charge in [-0.3, -0.25) is 9.69 Å². The number of aromatic nitrogens is 2. The van der Waals surface area contributed by atoms with E-state index < -0.39 is 0 Å². The molecule has 0 atom stereocenters. The van der Waals surface area contributed by atoms with Gasteiger partial charge in [-0.25, -0.2) is 9.97 Å². The molecule has 0 bridgehead atoms. The normalized spacial score (nSPS) is 14.8. The number of piperidine rings is 1. The van der Waals surface area contributed by atoms with Crippen molar-refractivity contribution in [3.05, 3.63) is 77.4 Å². The van der Waals surface area contributed by atoms with Crippen LogP contribution in [0.1, 0.15) is 40.3 Å². The van der Waals surface area contributed by atoms with Crippen LogP contribution in [0.2, 0.25) is 0 Å². The number of carbonyl (C=O) groups is 1. The number of rotatable bonds is 7. The summed E-state index contributed by atoms with van der Waals surface area (Å²) in [5.41, 5.74) is 5.16. The summed E-state index contributed by atoms with van der Waals surface area (Å²) >= 11 is 0. The molecule has 1 aliphatic heterocycles. The summed E-state index contributed by atoms with van der Waals surface area (Å²) in [6.45, 7) is 4.92. The average Bonchev–Trinajstić information content (AvgIpc) is 2.85. The zero-order valence-electron chi connectivity index (χ0n) is 19.7. The van der Waals surface area contributed by atoms with Crippen molar-refractivity contribution in [2.45, 2.75) is 32.7 Å². The fourth-order valence-electron chi connectivity index (χ4n) is 4.53. The number of likely N-dealkylation sites (tertiary alicyclic amines) is 1. The Morgan fingerprint density at radius 2 is 1.85 bits per heavy atom. The lowest BCUT2D eigenvalue weighted by Crippen LogP contribution is -2.34. The SMILES string of the molecule is CNC(=O)c1cnc(C)nc1CC1CCN(Cc2cccc(-c3cccc(OC)c3)c2)CC1. The summed E-state index contributed by atoms with van der Waals surface area (Å²) < 4.78 is 5.38. The summed E-state index contributed by atoms with van der Waals surface area (Å²) in [5, 5.41) is 2.70.